The summed E-state index contributed by atoms with van der Waals surface area (Å²) in [6.07, 6.45) is 89.7. The summed E-state index contributed by atoms with van der Waals surface area (Å²) in [6.45, 7) is 3.45. The maximum atomic E-state index is 12.7. The zero-order chi connectivity index (χ0) is 55.9. The van der Waals surface area contributed by atoms with E-state index in [1.165, 1.54) is 12.8 Å². The molecule has 432 valence electrons. The van der Waals surface area contributed by atoms with Crippen LogP contribution in [0.1, 0.15) is 206 Å². The third-order valence-corrected chi connectivity index (χ3v) is 12.6. The van der Waals surface area contributed by atoms with Crippen molar-refractivity contribution in [1.82, 2.24) is 0 Å². The molecule has 0 rings (SSSR count). The first-order valence-electron chi connectivity index (χ1n) is 29.6. The van der Waals surface area contributed by atoms with E-state index in [1.54, 1.807) is 0 Å². The van der Waals surface area contributed by atoms with Crippen molar-refractivity contribution < 1.29 is 37.6 Å². The van der Waals surface area contributed by atoms with E-state index < -0.39 is 32.5 Å². The van der Waals surface area contributed by atoms with Crippen molar-refractivity contribution in [3.63, 3.8) is 0 Å². The van der Waals surface area contributed by atoms with Gasteiger partial charge in [0.05, 0.1) is 13.2 Å². The number of hydrogen-bond acceptors (Lipinski definition) is 8. The third-order valence-electron chi connectivity index (χ3n) is 11.6. The highest BCUT2D eigenvalue weighted by Crippen LogP contribution is 2.43. The summed E-state index contributed by atoms with van der Waals surface area (Å²) < 4.78 is 33.0. The van der Waals surface area contributed by atoms with Crippen molar-refractivity contribution in [3.8, 4) is 0 Å². The molecule has 0 aliphatic carbocycles. The summed E-state index contributed by atoms with van der Waals surface area (Å²) in [5, 5.41) is 0. The molecule has 0 aromatic rings. The lowest BCUT2D eigenvalue weighted by Gasteiger charge is -2.19. The van der Waals surface area contributed by atoms with Crippen LogP contribution in [0.3, 0.4) is 0 Å². The molecule has 9 nitrogen and oxygen atoms in total. The van der Waals surface area contributed by atoms with Gasteiger partial charge in [-0.15, -0.1) is 0 Å². The van der Waals surface area contributed by atoms with Gasteiger partial charge in [-0.3, -0.25) is 18.6 Å². The molecule has 0 aromatic heterocycles. The van der Waals surface area contributed by atoms with Crippen LogP contribution in [0.5, 0.6) is 0 Å². The molecule has 0 aliphatic heterocycles. The molecule has 0 heterocycles. The van der Waals surface area contributed by atoms with Gasteiger partial charge in [0.1, 0.15) is 6.61 Å². The quantitative estimate of drug-likeness (QED) is 0.0264. The summed E-state index contributed by atoms with van der Waals surface area (Å²) in [7, 11) is -4.41. The largest absolute Gasteiger partial charge is 0.472 e. The van der Waals surface area contributed by atoms with Crippen molar-refractivity contribution in [2.45, 2.75) is 213 Å². The van der Waals surface area contributed by atoms with Crippen LogP contribution < -0.4 is 5.73 Å². The summed E-state index contributed by atoms with van der Waals surface area (Å²) in [6, 6.07) is 0. The summed E-state index contributed by atoms with van der Waals surface area (Å²) in [4.78, 5) is 35.2. The van der Waals surface area contributed by atoms with Gasteiger partial charge in [0.25, 0.3) is 0 Å². The zero-order valence-corrected chi connectivity index (χ0v) is 49.0. The first kappa shape index (κ1) is 72.4. The van der Waals surface area contributed by atoms with Crippen LogP contribution in [-0.2, 0) is 32.7 Å². The second-order valence-corrected chi connectivity index (χ2v) is 20.2. The number of rotatable bonds is 53. The highest BCUT2D eigenvalue weighted by Gasteiger charge is 2.26. The van der Waals surface area contributed by atoms with Crippen molar-refractivity contribution >= 4 is 19.8 Å². The molecule has 0 saturated heterocycles. The smallest absolute Gasteiger partial charge is 0.462 e. The maximum Gasteiger partial charge on any atom is 0.472 e. The molecule has 0 radical (unpaired) electrons. The highest BCUT2D eigenvalue weighted by molar-refractivity contribution is 7.47. The summed E-state index contributed by atoms with van der Waals surface area (Å²) in [5.74, 6) is -0.878. The Morgan fingerprint density at radius 1 is 0.390 bits per heavy atom. The van der Waals surface area contributed by atoms with Crippen molar-refractivity contribution in [3.05, 3.63) is 170 Å². The Morgan fingerprint density at radius 2 is 0.675 bits per heavy atom. The SMILES string of the molecule is CC/C=C\C/C=C\C/C=C\C/C=C\C/C=C\C/C=C\C/C=C\CCCCCCCCCC(=O)OC(COC(=O)CCCCCCC/C=C\C/C=C\C/C=C\C/C=C\C/C=C\C/C=C\C/C=C\CC)COP(=O)(O)OCCN. The number of phosphoric acid groups is 1. The van der Waals surface area contributed by atoms with E-state index in [2.05, 4.69) is 184 Å². The number of carbonyl (C=O) groups excluding carboxylic acids is 2. The van der Waals surface area contributed by atoms with E-state index in [4.69, 9.17) is 24.3 Å². The van der Waals surface area contributed by atoms with Gasteiger partial charge in [-0.25, -0.2) is 4.57 Å². The molecule has 0 bridgehead atoms. The standard InChI is InChI=1S/C67H106NO8P/c1-3-5-7-9-11-13-15-17-19-21-23-25-27-29-31-32-34-36-38-40-42-44-46-48-50-52-54-56-58-60-67(70)76-65(64-75-77(71,72)74-62-61-68)63-73-66(69)59-57-55-53-51-49-47-45-43-41-39-37-35-33-30-28-26-24-22-20-18-16-14-12-10-8-6-4-2/h5-8,11-14,17-20,23-26,29-31,33-34,36-37,39-40,42-43,45,65H,3-4,9-10,15-16,21-22,27-28,32,35,38,41,44,46-64,68H2,1-2H3,(H,71,72)/b7-5-,8-6-,13-11-,14-12-,19-17-,20-18-,25-23-,26-24-,31-29-,33-30-,36-34-,39-37-,42-40-,45-43-. The van der Waals surface area contributed by atoms with Crippen LogP contribution in [0.15, 0.2) is 170 Å². The number of hydrogen-bond donors (Lipinski definition) is 2. The Morgan fingerprint density at radius 3 is 1.00 bits per heavy atom. The molecule has 0 saturated carbocycles. The second kappa shape index (κ2) is 60.6. The average Bonchev–Trinajstić information content (AvgIpc) is 3.42. The number of phosphoric ester groups is 1. The number of carbonyl (C=O) groups is 2. The predicted molar refractivity (Wildman–Crippen MR) is 329 cm³/mol. The number of esters is 2. The van der Waals surface area contributed by atoms with Crippen LogP contribution in [0.2, 0.25) is 0 Å². The number of unbranched alkanes of at least 4 members (excludes halogenated alkanes) is 12. The van der Waals surface area contributed by atoms with Crippen molar-refractivity contribution in [2.75, 3.05) is 26.4 Å². The second-order valence-electron chi connectivity index (χ2n) is 18.7. The van der Waals surface area contributed by atoms with Crippen LogP contribution in [0.25, 0.3) is 0 Å². The molecular formula is C67H106NO8P. The Balaban J connectivity index is 4.12. The topological polar surface area (TPSA) is 134 Å². The lowest BCUT2D eigenvalue weighted by molar-refractivity contribution is -0.161. The molecule has 0 fully saturated rings. The Kier molecular flexibility index (Phi) is 57.0. The molecule has 77 heavy (non-hydrogen) atoms. The monoisotopic (exact) mass is 1080 g/mol. The van der Waals surface area contributed by atoms with Crippen molar-refractivity contribution in [2.24, 2.45) is 5.73 Å². The van der Waals surface area contributed by atoms with E-state index >= 15 is 0 Å². The van der Waals surface area contributed by atoms with Gasteiger partial charge in [-0.2, -0.15) is 0 Å². The molecule has 0 spiro atoms. The molecule has 0 aromatic carbocycles. The van der Waals surface area contributed by atoms with E-state index in [1.807, 2.05) is 0 Å². The van der Waals surface area contributed by atoms with Crippen LogP contribution in [0, 0.1) is 0 Å². The van der Waals surface area contributed by atoms with Gasteiger partial charge in [-0.05, 0) is 128 Å². The maximum absolute atomic E-state index is 12.7. The number of nitrogens with two attached hydrogens (primary N) is 1. The van der Waals surface area contributed by atoms with Crippen LogP contribution in [0.4, 0.5) is 0 Å². The minimum atomic E-state index is -4.41. The third kappa shape index (κ3) is 60.5. The molecule has 2 unspecified atom stereocenters. The molecular weight excluding hydrogens is 978 g/mol. The van der Waals surface area contributed by atoms with E-state index in [-0.39, 0.29) is 32.6 Å². The Bertz CT molecular complexity index is 1860. The van der Waals surface area contributed by atoms with Gasteiger partial charge in [0.2, 0.25) is 0 Å². The Labute approximate surface area is 470 Å². The van der Waals surface area contributed by atoms with Gasteiger partial charge in [0, 0.05) is 19.4 Å². The summed E-state index contributed by atoms with van der Waals surface area (Å²) >= 11 is 0. The van der Waals surface area contributed by atoms with E-state index in [0.717, 1.165) is 154 Å². The Hall–Kier alpha value is -4.63. The minimum Gasteiger partial charge on any atom is -0.462 e. The molecule has 3 N–H and O–H groups in total. The number of allylic oxidation sites excluding steroid dienone is 28. The predicted octanol–water partition coefficient (Wildman–Crippen LogP) is 19.1. The fraction of sp³-hybridized carbons (Fsp3) is 0.552. The fourth-order valence-corrected chi connectivity index (χ4v) is 8.07. The molecule has 10 heteroatoms. The number of ether oxygens (including phenoxy) is 2. The highest BCUT2D eigenvalue weighted by atomic mass is 31.2. The van der Waals surface area contributed by atoms with Gasteiger partial charge < -0.3 is 20.1 Å². The van der Waals surface area contributed by atoms with Crippen LogP contribution >= 0.6 is 7.82 Å². The van der Waals surface area contributed by atoms with Gasteiger partial charge in [-0.1, -0.05) is 235 Å². The zero-order valence-electron chi connectivity index (χ0n) is 48.1. The normalized spacial score (nSPS) is 14.3. The first-order chi connectivity index (χ1) is 37.8. The van der Waals surface area contributed by atoms with E-state index in [0.29, 0.717) is 12.8 Å². The lowest BCUT2D eigenvalue weighted by Crippen LogP contribution is -2.29. The molecule has 0 amide bonds. The van der Waals surface area contributed by atoms with Gasteiger partial charge >= 0.3 is 19.8 Å². The lowest BCUT2D eigenvalue weighted by atomic mass is 10.1. The fourth-order valence-electron chi connectivity index (χ4n) is 7.30. The minimum absolute atomic E-state index is 0.0381. The van der Waals surface area contributed by atoms with Crippen molar-refractivity contribution in [1.29, 1.82) is 0 Å². The van der Waals surface area contributed by atoms with Gasteiger partial charge in [0.15, 0.2) is 6.10 Å². The molecule has 0 aliphatic rings. The van der Waals surface area contributed by atoms with Crippen LogP contribution in [-0.4, -0.2) is 49.3 Å². The molecule has 2 atom stereocenters. The average molecular weight is 1080 g/mol. The first-order valence-corrected chi connectivity index (χ1v) is 31.1. The summed E-state index contributed by atoms with van der Waals surface area (Å²) in [5.41, 5.74) is 5.38. The van der Waals surface area contributed by atoms with E-state index in [9.17, 15) is 19.0 Å².